The number of rotatable bonds is 6. The van der Waals surface area contributed by atoms with Gasteiger partial charge in [0.1, 0.15) is 17.4 Å². The van der Waals surface area contributed by atoms with Crippen LogP contribution in [0.4, 0.5) is 30.6 Å². The van der Waals surface area contributed by atoms with Gasteiger partial charge in [-0.1, -0.05) is 6.92 Å². The smallest absolute Gasteiger partial charge is 0.243 e. The number of nitrogens with zero attached hydrogens (tertiary/aromatic N) is 8. The molecule has 2 aliphatic rings. The summed E-state index contributed by atoms with van der Waals surface area (Å²) in [6.45, 7) is 4.69. The predicted molar refractivity (Wildman–Crippen MR) is 140 cm³/mol. The Morgan fingerprint density at radius 1 is 1.31 bits per heavy atom. The molecule has 208 valence electrons. The summed E-state index contributed by atoms with van der Waals surface area (Å²) in [5, 5.41) is 24.9. The number of aryl methyl sites for hydroxylation is 1. The van der Waals surface area contributed by atoms with Crippen molar-refractivity contribution in [3.05, 3.63) is 30.1 Å². The highest BCUT2D eigenvalue weighted by Gasteiger charge is 2.48. The number of alkyl halides is 3. The fraction of sp³-hybridized carbons (Fsp3) is 0.520. The van der Waals surface area contributed by atoms with Gasteiger partial charge in [-0.15, -0.1) is 5.10 Å². The number of anilines is 2. The molecule has 3 N–H and O–H groups in total. The minimum Gasteiger partial charge on any atom is -0.382 e. The highest BCUT2D eigenvalue weighted by Crippen LogP contribution is 2.32. The molecular weight excluding hydrogens is 513 g/mol. The van der Waals surface area contributed by atoms with Crippen LogP contribution in [0.3, 0.4) is 0 Å². The van der Waals surface area contributed by atoms with Gasteiger partial charge in [0.05, 0.1) is 36.7 Å². The van der Waals surface area contributed by atoms with E-state index in [1.54, 1.807) is 17.8 Å². The van der Waals surface area contributed by atoms with Crippen LogP contribution in [0.2, 0.25) is 0 Å². The Kier molecular flexibility index (Phi) is 8.61. The molecule has 0 aromatic carbocycles. The van der Waals surface area contributed by atoms with Crippen LogP contribution in [0, 0.1) is 18.3 Å². The number of halogens is 3. The molecule has 2 unspecified atom stereocenters. The maximum atomic E-state index is 15.0. The van der Waals surface area contributed by atoms with Crippen molar-refractivity contribution in [3.8, 4) is 17.3 Å². The Bertz CT molecular complexity index is 1370. The summed E-state index contributed by atoms with van der Waals surface area (Å²) in [5.41, 5.74) is 9.15. The van der Waals surface area contributed by atoms with Crippen LogP contribution >= 0.6 is 0 Å². The van der Waals surface area contributed by atoms with E-state index < -0.39 is 24.2 Å². The lowest BCUT2D eigenvalue weighted by molar-refractivity contribution is -0.121. The van der Waals surface area contributed by atoms with Gasteiger partial charge < -0.3 is 15.8 Å². The van der Waals surface area contributed by atoms with Gasteiger partial charge in [-0.05, 0) is 31.5 Å². The van der Waals surface area contributed by atoms with Crippen LogP contribution in [0.5, 0.6) is 0 Å². The third-order valence-corrected chi connectivity index (χ3v) is 6.74. The monoisotopic (exact) mass is 544 g/mol. The molecular formula is C25H31F3N10O. The zero-order valence-corrected chi connectivity index (χ0v) is 22.0. The second-order valence-corrected chi connectivity index (χ2v) is 9.38. The van der Waals surface area contributed by atoms with Crippen molar-refractivity contribution in [3.63, 3.8) is 0 Å². The molecule has 2 aliphatic heterocycles. The van der Waals surface area contributed by atoms with Gasteiger partial charge in [0, 0.05) is 38.3 Å². The first kappa shape index (κ1) is 28.2. The van der Waals surface area contributed by atoms with Gasteiger partial charge in [-0.25, -0.2) is 17.7 Å². The van der Waals surface area contributed by atoms with Crippen molar-refractivity contribution in [1.29, 1.82) is 5.26 Å². The van der Waals surface area contributed by atoms with Gasteiger partial charge in [0.2, 0.25) is 12.4 Å². The van der Waals surface area contributed by atoms with Crippen molar-refractivity contribution in [2.75, 3.05) is 44.4 Å². The number of hydrogen-bond donors (Lipinski definition) is 2. The number of nitriles is 1. The summed E-state index contributed by atoms with van der Waals surface area (Å²) in [5.74, 6) is 0.509. The molecule has 14 heteroatoms. The average molecular weight is 545 g/mol. The summed E-state index contributed by atoms with van der Waals surface area (Å²) in [4.78, 5) is 10.9. The first-order chi connectivity index (χ1) is 18.7. The van der Waals surface area contributed by atoms with E-state index in [9.17, 15) is 14.0 Å². The fourth-order valence-corrected chi connectivity index (χ4v) is 4.47. The van der Waals surface area contributed by atoms with Crippen molar-refractivity contribution in [2.45, 2.75) is 50.9 Å². The molecule has 0 aliphatic carbocycles. The Hall–Kier alpha value is -3.83. The molecule has 11 nitrogen and oxygen atoms in total. The number of aromatic nitrogens is 4. The van der Waals surface area contributed by atoms with Crippen LogP contribution in [0.1, 0.15) is 25.5 Å². The molecule has 3 aromatic rings. The highest BCUT2D eigenvalue weighted by molar-refractivity contribution is 5.86. The van der Waals surface area contributed by atoms with E-state index in [-0.39, 0.29) is 24.7 Å². The third kappa shape index (κ3) is 5.94. The molecule has 0 amide bonds. The molecule has 0 saturated carbocycles. The summed E-state index contributed by atoms with van der Waals surface area (Å²) < 4.78 is 43.4. The number of pyridine rings is 1. The number of azo groups is 1. The summed E-state index contributed by atoms with van der Waals surface area (Å²) in [6, 6.07) is 7.36. The van der Waals surface area contributed by atoms with E-state index in [2.05, 4.69) is 36.7 Å². The topological polar surface area (TPSA) is 142 Å². The zero-order valence-electron chi connectivity index (χ0n) is 22.0. The number of ether oxygens (including phenoxy) is 1. The van der Waals surface area contributed by atoms with Gasteiger partial charge in [0.25, 0.3) is 0 Å². The van der Waals surface area contributed by atoms with Crippen molar-refractivity contribution in [2.24, 2.45) is 10.2 Å². The van der Waals surface area contributed by atoms with Gasteiger partial charge in [-0.2, -0.15) is 20.5 Å². The molecule has 39 heavy (non-hydrogen) atoms. The van der Waals surface area contributed by atoms with Gasteiger partial charge >= 0.3 is 0 Å². The van der Waals surface area contributed by atoms with Crippen molar-refractivity contribution in [1.82, 2.24) is 24.5 Å². The van der Waals surface area contributed by atoms with Gasteiger partial charge in [-0.3, -0.25) is 9.88 Å². The summed E-state index contributed by atoms with van der Waals surface area (Å²) in [7, 11) is 1.61. The van der Waals surface area contributed by atoms with Crippen molar-refractivity contribution < 1.29 is 17.9 Å². The maximum absolute atomic E-state index is 15.0. The fourth-order valence-electron chi connectivity index (χ4n) is 4.47. The second-order valence-electron chi connectivity index (χ2n) is 9.38. The lowest BCUT2D eigenvalue weighted by Gasteiger charge is -2.48. The minimum absolute atomic E-state index is 0.0278. The van der Waals surface area contributed by atoms with E-state index in [4.69, 9.17) is 10.5 Å². The van der Waals surface area contributed by atoms with Gasteiger partial charge in [0.15, 0.2) is 11.4 Å². The van der Waals surface area contributed by atoms with E-state index in [0.29, 0.717) is 43.1 Å². The molecule has 3 aromatic heterocycles. The van der Waals surface area contributed by atoms with Crippen LogP contribution < -0.4 is 11.1 Å². The number of nitrogen functional groups attached to an aromatic ring is 1. The van der Waals surface area contributed by atoms with E-state index >= 15 is 4.39 Å². The van der Waals surface area contributed by atoms with Crippen LogP contribution in [0.15, 0.2) is 34.6 Å². The standard InChI is InChI=1S/C22H25FN10O.C3H6F2/c1-13-16(30-26-2)3-4-17(27-13)14-5-8-33-19(14)20(25)29-21(31-33)28-18-6-7-32(9-15(18)23)22(10-24)11-34-12-22;1-2-3(4)5/h3-5,8,15,18H,6-7,9,11-12H2,1-2H3,(H3,25,28,29,31);3H,2H2,1H3. The Labute approximate surface area is 223 Å². The molecule has 0 radical (unpaired) electrons. The first-order valence-electron chi connectivity index (χ1n) is 12.6. The van der Waals surface area contributed by atoms with E-state index in [1.165, 1.54) is 6.92 Å². The normalized spacial score (nSPS) is 20.9. The first-order valence-corrected chi connectivity index (χ1v) is 12.6. The lowest BCUT2D eigenvalue weighted by atomic mass is 9.92. The van der Waals surface area contributed by atoms with Crippen LogP contribution in [0.25, 0.3) is 16.8 Å². The second kappa shape index (κ2) is 11.9. The SMILES string of the molecule is CCC(F)F.CN=Nc1ccc(-c2ccn3nc(NC4CCN(C5(C#N)COC5)CC4F)nc(N)c23)nc1C. The molecule has 5 rings (SSSR count). The molecule has 5 heterocycles. The number of nitrogens with two attached hydrogens (primary N) is 1. The van der Waals surface area contributed by atoms with E-state index in [0.717, 1.165) is 11.3 Å². The predicted octanol–water partition coefficient (Wildman–Crippen LogP) is 4.17. The summed E-state index contributed by atoms with van der Waals surface area (Å²) in [6.07, 6.45) is -1.05. The van der Waals surface area contributed by atoms with Crippen LogP contribution in [-0.4, -0.2) is 82.0 Å². The summed E-state index contributed by atoms with van der Waals surface area (Å²) >= 11 is 0. The number of fused-ring (bicyclic) bond motifs is 1. The average Bonchev–Trinajstić information content (AvgIpc) is 3.31. The molecule has 2 atom stereocenters. The Morgan fingerprint density at radius 3 is 2.62 bits per heavy atom. The number of piperidine rings is 1. The number of likely N-dealkylation sites (tertiary alicyclic amines) is 1. The number of nitrogens with one attached hydrogen (secondary N) is 1. The Balaban J connectivity index is 0.000000648. The Morgan fingerprint density at radius 2 is 2.05 bits per heavy atom. The molecule has 2 saturated heterocycles. The molecule has 0 bridgehead atoms. The van der Waals surface area contributed by atoms with Crippen LogP contribution in [-0.2, 0) is 4.74 Å². The lowest BCUT2D eigenvalue weighted by Crippen LogP contribution is -2.65. The highest BCUT2D eigenvalue weighted by atomic mass is 19.3. The zero-order chi connectivity index (χ0) is 28.2. The number of hydrogen-bond acceptors (Lipinski definition) is 10. The largest absolute Gasteiger partial charge is 0.382 e. The van der Waals surface area contributed by atoms with Crippen molar-refractivity contribution >= 4 is 23.0 Å². The minimum atomic E-state index is -2.12. The quantitative estimate of drug-likeness (QED) is 0.440. The van der Waals surface area contributed by atoms with E-state index in [1.807, 2.05) is 30.0 Å². The third-order valence-electron chi connectivity index (χ3n) is 6.74. The molecule has 2 fully saturated rings. The molecule has 0 spiro atoms. The maximum Gasteiger partial charge on any atom is 0.243 e.